The zero-order chi connectivity index (χ0) is 12.4. The Balaban J connectivity index is 2.45. The average Bonchev–Trinajstić information content (AvgIpc) is 2.34. The van der Waals surface area contributed by atoms with Crippen LogP contribution in [0.4, 0.5) is 4.39 Å². The fraction of sp³-hybridized carbons (Fsp3) is 0.385. The van der Waals surface area contributed by atoms with Crippen molar-refractivity contribution in [3.05, 3.63) is 33.3 Å². The Labute approximate surface area is 110 Å². The summed E-state index contributed by atoms with van der Waals surface area (Å²) in [6, 6.07) is 2.82. The Bertz CT molecular complexity index is 461. The summed E-state index contributed by atoms with van der Waals surface area (Å²) in [5, 5.41) is 10.2. The van der Waals surface area contributed by atoms with Crippen LogP contribution in [0.15, 0.2) is 17.7 Å². The molecule has 1 aliphatic carbocycles. The number of hydrogen-bond donors (Lipinski definition) is 1. The minimum absolute atomic E-state index is 0.0825. The van der Waals surface area contributed by atoms with Gasteiger partial charge in [-0.15, -0.1) is 0 Å². The van der Waals surface area contributed by atoms with E-state index in [-0.39, 0.29) is 22.2 Å². The van der Waals surface area contributed by atoms with E-state index in [9.17, 15) is 9.50 Å². The Kier molecular flexibility index (Phi) is 3.95. The zero-order valence-electron chi connectivity index (χ0n) is 9.27. The van der Waals surface area contributed by atoms with Crippen LogP contribution >= 0.6 is 23.2 Å². The number of halogens is 3. The van der Waals surface area contributed by atoms with Crippen molar-refractivity contribution >= 4 is 29.0 Å². The zero-order valence-corrected chi connectivity index (χ0v) is 10.8. The molecular formula is C13H13Cl2FO. The van der Waals surface area contributed by atoms with Gasteiger partial charge in [0.15, 0.2) is 0 Å². The molecule has 17 heavy (non-hydrogen) atoms. The van der Waals surface area contributed by atoms with E-state index in [0.717, 1.165) is 37.7 Å². The minimum atomic E-state index is -0.369. The molecule has 0 amide bonds. The van der Waals surface area contributed by atoms with Gasteiger partial charge in [0.2, 0.25) is 0 Å². The fourth-order valence-electron chi connectivity index (χ4n) is 2.12. The molecule has 4 heteroatoms. The highest BCUT2D eigenvalue weighted by Crippen LogP contribution is 2.39. The topological polar surface area (TPSA) is 20.2 Å². The summed E-state index contributed by atoms with van der Waals surface area (Å²) in [5.74, 6) is -0.599. The van der Waals surface area contributed by atoms with Crippen molar-refractivity contribution in [1.82, 2.24) is 0 Å². The van der Waals surface area contributed by atoms with Gasteiger partial charge in [0.1, 0.15) is 11.6 Å². The summed E-state index contributed by atoms with van der Waals surface area (Å²) in [6.45, 7) is 0. The fourth-order valence-corrected chi connectivity index (χ4v) is 2.62. The number of aromatic hydroxyl groups is 1. The van der Waals surface area contributed by atoms with Crippen molar-refractivity contribution < 1.29 is 9.50 Å². The largest absolute Gasteiger partial charge is 0.506 e. The molecule has 0 radical (unpaired) electrons. The molecule has 1 aromatic rings. The lowest BCUT2D eigenvalue weighted by Crippen LogP contribution is -1.96. The van der Waals surface area contributed by atoms with Crippen LogP contribution in [0.2, 0.25) is 10.0 Å². The van der Waals surface area contributed by atoms with Gasteiger partial charge >= 0.3 is 0 Å². The van der Waals surface area contributed by atoms with Gasteiger partial charge in [0, 0.05) is 5.02 Å². The van der Waals surface area contributed by atoms with E-state index in [1.165, 1.54) is 12.1 Å². The van der Waals surface area contributed by atoms with Crippen molar-refractivity contribution in [2.24, 2.45) is 0 Å². The number of hydrogen-bond acceptors (Lipinski definition) is 1. The second kappa shape index (κ2) is 5.28. The van der Waals surface area contributed by atoms with E-state index in [1.807, 2.05) is 0 Å². The number of benzene rings is 1. The Hall–Kier alpha value is -0.730. The predicted octanol–water partition coefficient (Wildman–Crippen LogP) is 5.34. The van der Waals surface area contributed by atoms with Crippen molar-refractivity contribution in [1.29, 1.82) is 0 Å². The number of phenolic OH excluding ortho intramolecular Hbond substituents is 1. The third-order valence-corrected chi connectivity index (χ3v) is 3.54. The average molecular weight is 275 g/mol. The van der Waals surface area contributed by atoms with E-state index < -0.39 is 0 Å². The molecule has 0 spiro atoms. The van der Waals surface area contributed by atoms with Crippen LogP contribution in [0.1, 0.15) is 37.7 Å². The first-order valence-electron chi connectivity index (χ1n) is 5.65. The summed E-state index contributed by atoms with van der Waals surface area (Å²) in [4.78, 5) is 0. The van der Waals surface area contributed by atoms with Crippen molar-refractivity contribution in [2.45, 2.75) is 32.1 Å². The Morgan fingerprint density at radius 1 is 1.12 bits per heavy atom. The molecule has 0 heterocycles. The van der Waals surface area contributed by atoms with Crippen molar-refractivity contribution in [2.75, 3.05) is 0 Å². The third-order valence-electron chi connectivity index (χ3n) is 3.03. The minimum Gasteiger partial charge on any atom is -0.506 e. The van der Waals surface area contributed by atoms with Crippen LogP contribution in [0, 0.1) is 0 Å². The predicted molar refractivity (Wildman–Crippen MR) is 69.2 cm³/mol. The van der Waals surface area contributed by atoms with E-state index in [1.54, 1.807) is 0 Å². The van der Waals surface area contributed by atoms with Crippen LogP contribution in [0.5, 0.6) is 5.75 Å². The van der Waals surface area contributed by atoms with Crippen LogP contribution in [-0.2, 0) is 0 Å². The van der Waals surface area contributed by atoms with E-state index in [0.29, 0.717) is 5.02 Å². The van der Waals surface area contributed by atoms with E-state index in [2.05, 4.69) is 0 Å². The molecule has 92 valence electrons. The lowest BCUT2D eigenvalue weighted by Gasteiger charge is -2.16. The van der Waals surface area contributed by atoms with E-state index >= 15 is 0 Å². The van der Waals surface area contributed by atoms with Crippen LogP contribution in [0.25, 0.3) is 5.83 Å². The first-order chi connectivity index (χ1) is 8.09. The maximum Gasteiger partial charge on any atom is 0.144 e. The molecule has 1 aromatic carbocycles. The summed E-state index contributed by atoms with van der Waals surface area (Å²) in [6.07, 6.45) is 4.62. The maximum absolute atomic E-state index is 14.2. The lowest BCUT2D eigenvalue weighted by atomic mass is 9.92. The molecule has 0 unspecified atom stereocenters. The first-order valence-corrected chi connectivity index (χ1v) is 6.41. The van der Waals surface area contributed by atoms with Gasteiger partial charge in [-0.1, -0.05) is 29.6 Å². The van der Waals surface area contributed by atoms with Crippen LogP contribution in [0.3, 0.4) is 0 Å². The number of rotatable bonds is 1. The summed E-state index contributed by atoms with van der Waals surface area (Å²) in [7, 11) is 0. The second-order valence-electron chi connectivity index (χ2n) is 4.26. The van der Waals surface area contributed by atoms with E-state index in [4.69, 9.17) is 23.2 Å². The van der Waals surface area contributed by atoms with Gasteiger partial charge in [-0.2, -0.15) is 0 Å². The number of allylic oxidation sites excluding steroid dienone is 1. The van der Waals surface area contributed by atoms with Crippen LogP contribution in [-0.4, -0.2) is 5.11 Å². The van der Waals surface area contributed by atoms with Gasteiger partial charge in [0.05, 0.1) is 10.6 Å². The van der Waals surface area contributed by atoms with Gasteiger partial charge < -0.3 is 5.11 Å². The molecule has 1 saturated carbocycles. The molecule has 1 nitrogen and oxygen atoms in total. The molecule has 0 atom stereocenters. The first kappa shape index (κ1) is 12.7. The molecule has 0 aliphatic heterocycles. The highest BCUT2D eigenvalue weighted by Gasteiger charge is 2.17. The molecule has 0 bridgehead atoms. The summed E-state index contributed by atoms with van der Waals surface area (Å²) < 4.78 is 14.2. The van der Waals surface area contributed by atoms with Gasteiger partial charge in [0.25, 0.3) is 0 Å². The highest BCUT2D eigenvalue weighted by atomic mass is 35.5. The standard InChI is InChI=1S/C13H13Cl2FO/c14-9-6-10(13(17)11(15)7-9)12(16)8-4-2-1-3-5-8/h6-7,17H,1-5H2. The quantitative estimate of drug-likeness (QED) is 0.733. The monoisotopic (exact) mass is 274 g/mol. The molecule has 1 N–H and O–H groups in total. The summed E-state index contributed by atoms with van der Waals surface area (Å²) >= 11 is 11.6. The van der Waals surface area contributed by atoms with Gasteiger partial charge in [-0.3, -0.25) is 0 Å². The maximum atomic E-state index is 14.2. The second-order valence-corrected chi connectivity index (χ2v) is 5.11. The van der Waals surface area contributed by atoms with Crippen LogP contribution < -0.4 is 0 Å². The molecule has 2 rings (SSSR count). The molecule has 0 saturated heterocycles. The Morgan fingerprint density at radius 2 is 1.76 bits per heavy atom. The normalized spacial score (nSPS) is 16.1. The van der Waals surface area contributed by atoms with Gasteiger partial charge in [-0.25, -0.2) is 4.39 Å². The lowest BCUT2D eigenvalue weighted by molar-refractivity contribution is 0.471. The third kappa shape index (κ3) is 2.75. The molecule has 0 aromatic heterocycles. The summed E-state index contributed by atoms with van der Waals surface area (Å²) in [5.41, 5.74) is 0.865. The molecular weight excluding hydrogens is 262 g/mol. The SMILES string of the molecule is Oc1c(Cl)cc(Cl)cc1C(F)=C1CCCCC1. The number of phenols is 1. The Morgan fingerprint density at radius 3 is 2.41 bits per heavy atom. The van der Waals surface area contributed by atoms with Gasteiger partial charge in [-0.05, 0) is 43.4 Å². The molecule has 1 fully saturated rings. The highest BCUT2D eigenvalue weighted by molar-refractivity contribution is 6.35. The van der Waals surface area contributed by atoms with Crippen molar-refractivity contribution in [3.8, 4) is 5.75 Å². The molecule has 1 aliphatic rings. The van der Waals surface area contributed by atoms with Crippen molar-refractivity contribution in [3.63, 3.8) is 0 Å². The smallest absolute Gasteiger partial charge is 0.144 e.